The minimum atomic E-state index is -0.751. The fraction of sp³-hybridized carbons (Fsp3) is 0.211. The number of halogens is 1. The lowest BCUT2D eigenvalue weighted by Crippen LogP contribution is -2.11. The third kappa shape index (κ3) is 3.23. The minimum Gasteiger partial charge on any atom is -0.453 e. The van der Waals surface area contributed by atoms with Gasteiger partial charge in [-0.2, -0.15) is 0 Å². The molecule has 0 radical (unpaired) electrons. The van der Waals surface area contributed by atoms with E-state index in [0.29, 0.717) is 0 Å². The molecule has 0 amide bonds. The van der Waals surface area contributed by atoms with Gasteiger partial charge < -0.3 is 4.74 Å². The fourth-order valence-electron chi connectivity index (χ4n) is 2.92. The number of hydrogen-bond acceptors (Lipinski definition) is 2. The van der Waals surface area contributed by atoms with Crippen molar-refractivity contribution in [3.05, 3.63) is 76.4 Å². The molecule has 1 unspecified atom stereocenters. The molecule has 0 bridgehead atoms. The third-order valence-corrected chi connectivity index (χ3v) is 4.16. The molecule has 3 rings (SSSR count). The summed E-state index contributed by atoms with van der Waals surface area (Å²) in [6, 6.07) is 16.7. The van der Waals surface area contributed by atoms with E-state index in [2.05, 4.69) is 49.4 Å². The van der Waals surface area contributed by atoms with E-state index >= 15 is 0 Å². The zero-order valence-corrected chi connectivity index (χ0v) is 13.1. The molecule has 3 heteroatoms. The summed E-state index contributed by atoms with van der Waals surface area (Å²) in [5, 5.41) is 0. The first-order chi connectivity index (χ1) is 10.6. The summed E-state index contributed by atoms with van der Waals surface area (Å²) in [5.74, 6) is 0.0835. The van der Waals surface area contributed by atoms with E-state index in [1.165, 1.54) is 27.8 Å². The number of carbonyl (C=O) groups is 1. The number of benzene rings is 2. The molecule has 0 saturated carbocycles. The molecule has 0 N–H and O–H groups in total. The van der Waals surface area contributed by atoms with Crippen LogP contribution in [0.5, 0.6) is 0 Å². The Balaban J connectivity index is 1.85. The molecule has 1 atom stereocenters. The first-order valence-corrected chi connectivity index (χ1v) is 7.68. The van der Waals surface area contributed by atoms with Crippen LogP contribution in [0.2, 0.25) is 0 Å². The van der Waals surface area contributed by atoms with Gasteiger partial charge in [0, 0.05) is 17.5 Å². The quantitative estimate of drug-likeness (QED) is 0.735. The number of aryl methyl sites for hydroxylation is 1. The van der Waals surface area contributed by atoms with Crippen LogP contribution in [0.25, 0.3) is 6.08 Å². The third-order valence-electron chi connectivity index (χ3n) is 4.05. The van der Waals surface area contributed by atoms with Crippen molar-refractivity contribution in [2.75, 3.05) is 6.61 Å². The average molecular weight is 313 g/mol. The van der Waals surface area contributed by atoms with Crippen LogP contribution in [-0.2, 0) is 11.2 Å². The highest BCUT2D eigenvalue weighted by Crippen LogP contribution is 2.38. The lowest BCUT2D eigenvalue weighted by Gasteiger charge is -2.16. The Bertz CT molecular complexity index is 716. The van der Waals surface area contributed by atoms with E-state index in [1.54, 1.807) is 0 Å². The number of hydrogen-bond donors (Lipinski definition) is 0. The van der Waals surface area contributed by atoms with Gasteiger partial charge in [0.25, 0.3) is 0 Å². The van der Waals surface area contributed by atoms with Gasteiger partial charge in [-0.15, -0.1) is 0 Å². The van der Waals surface area contributed by atoms with Crippen LogP contribution in [0.4, 0.5) is 4.79 Å². The Morgan fingerprint density at radius 1 is 1.14 bits per heavy atom. The first kappa shape index (κ1) is 14.9. The first-order valence-electron chi connectivity index (χ1n) is 7.30. The van der Waals surface area contributed by atoms with E-state index in [0.717, 1.165) is 6.42 Å². The largest absolute Gasteiger partial charge is 0.453 e. The number of carbonyl (C=O) groups excluding carboxylic acids is 1. The summed E-state index contributed by atoms with van der Waals surface area (Å²) in [7, 11) is 0. The van der Waals surface area contributed by atoms with Crippen molar-refractivity contribution in [2.24, 2.45) is 0 Å². The highest BCUT2D eigenvalue weighted by molar-refractivity contribution is 6.61. The molecule has 0 fully saturated rings. The van der Waals surface area contributed by atoms with Crippen molar-refractivity contribution in [1.82, 2.24) is 0 Å². The maximum absolute atomic E-state index is 10.9. The molecule has 0 saturated heterocycles. The standard InChI is InChI=1S/C19H17ClO2/c1-13-6-8-14(9-7-13)10-16-11-15-4-2-3-5-17(15)18(16)12-22-19(20)21/h2-9,11,18H,10,12H2,1H3. The molecule has 1 aliphatic carbocycles. The van der Waals surface area contributed by atoms with Gasteiger partial charge in [0.2, 0.25) is 0 Å². The Kier molecular flexibility index (Phi) is 4.30. The Morgan fingerprint density at radius 2 is 1.86 bits per heavy atom. The normalized spacial score (nSPS) is 16.1. The lowest BCUT2D eigenvalue weighted by molar-refractivity contribution is 0.169. The summed E-state index contributed by atoms with van der Waals surface area (Å²) in [5.41, 5.74) is 5.40. The van der Waals surface area contributed by atoms with Gasteiger partial charge >= 0.3 is 5.43 Å². The van der Waals surface area contributed by atoms with Gasteiger partial charge in [0.05, 0.1) is 0 Å². The van der Waals surface area contributed by atoms with E-state index in [4.69, 9.17) is 16.3 Å². The summed E-state index contributed by atoms with van der Waals surface area (Å²) >= 11 is 5.33. The fourth-order valence-corrected chi connectivity index (χ4v) is 2.98. The second-order valence-corrected chi connectivity index (χ2v) is 5.92. The van der Waals surface area contributed by atoms with Crippen LogP contribution in [-0.4, -0.2) is 12.0 Å². The summed E-state index contributed by atoms with van der Waals surface area (Å²) in [4.78, 5) is 10.9. The molecule has 22 heavy (non-hydrogen) atoms. The molecule has 0 spiro atoms. The van der Waals surface area contributed by atoms with Crippen molar-refractivity contribution in [3.63, 3.8) is 0 Å². The molecular weight excluding hydrogens is 296 g/mol. The van der Waals surface area contributed by atoms with Gasteiger partial charge in [-0.05, 0) is 30.0 Å². The maximum Gasteiger partial charge on any atom is 0.403 e. The topological polar surface area (TPSA) is 26.3 Å². The van der Waals surface area contributed by atoms with Gasteiger partial charge in [-0.1, -0.05) is 65.7 Å². The zero-order valence-electron chi connectivity index (χ0n) is 12.4. The molecule has 1 aliphatic rings. The molecule has 2 aromatic carbocycles. The zero-order chi connectivity index (χ0) is 15.5. The van der Waals surface area contributed by atoms with Gasteiger partial charge in [0.15, 0.2) is 0 Å². The second-order valence-electron chi connectivity index (χ2n) is 5.61. The molecular formula is C19H17ClO2. The number of ether oxygens (including phenoxy) is 1. The number of fused-ring (bicyclic) bond motifs is 1. The highest BCUT2D eigenvalue weighted by atomic mass is 35.5. The van der Waals surface area contributed by atoms with Crippen LogP contribution >= 0.6 is 11.6 Å². The molecule has 0 aliphatic heterocycles. The van der Waals surface area contributed by atoms with Crippen LogP contribution in [0.15, 0.2) is 54.1 Å². The number of rotatable bonds is 4. The van der Waals surface area contributed by atoms with E-state index in [1.807, 2.05) is 12.1 Å². The lowest BCUT2D eigenvalue weighted by atomic mass is 9.92. The van der Waals surface area contributed by atoms with E-state index < -0.39 is 5.43 Å². The maximum atomic E-state index is 10.9. The van der Waals surface area contributed by atoms with Crippen molar-refractivity contribution >= 4 is 23.1 Å². The van der Waals surface area contributed by atoms with Crippen molar-refractivity contribution < 1.29 is 9.53 Å². The van der Waals surface area contributed by atoms with Crippen molar-refractivity contribution in [1.29, 1.82) is 0 Å². The predicted molar refractivity (Wildman–Crippen MR) is 89.2 cm³/mol. The smallest absolute Gasteiger partial charge is 0.403 e. The summed E-state index contributed by atoms with van der Waals surface area (Å²) in [6.45, 7) is 2.37. The molecule has 2 aromatic rings. The van der Waals surface area contributed by atoms with Crippen LogP contribution < -0.4 is 0 Å². The van der Waals surface area contributed by atoms with Gasteiger partial charge in [-0.25, -0.2) is 4.79 Å². The second kappa shape index (κ2) is 6.37. The van der Waals surface area contributed by atoms with Gasteiger partial charge in [-0.3, -0.25) is 0 Å². The Morgan fingerprint density at radius 3 is 2.59 bits per heavy atom. The monoisotopic (exact) mass is 312 g/mol. The molecule has 2 nitrogen and oxygen atoms in total. The summed E-state index contributed by atoms with van der Waals surface area (Å²) in [6.07, 6.45) is 3.04. The Labute approximate surface area is 135 Å². The van der Waals surface area contributed by atoms with Crippen molar-refractivity contribution in [2.45, 2.75) is 19.3 Å². The van der Waals surface area contributed by atoms with E-state index in [-0.39, 0.29) is 12.5 Å². The molecule has 112 valence electrons. The summed E-state index contributed by atoms with van der Waals surface area (Å²) < 4.78 is 5.06. The van der Waals surface area contributed by atoms with Crippen LogP contribution in [0, 0.1) is 6.92 Å². The van der Waals surface area contributed by atoms with Crippen LogP contribution in [0.1, 0.15) is 28.2 Å². The average Bonchev–Trinajstić information content (AvgIpc) is 2.85. The van der Waals surface area contributed by atoms with Crippen molar-refractivity contribution in [3.8, 4) is 0 Å². The molecule has 0 heterocycles. The molecule has 0 aromatic heterocycles. The minimum absolute atomic E-state index is 0.0835. The van der Waals surface area contributed by atoms with E-state index in [9.17, 15) is 4.79 Å². The predicted octanol–water partition coefficient (Wildman–Crippen LogP) is 5.09. The van der Waals surface area contributed by atoms with Gasteiger partial charge in [0.1, 0.15) is 6.61 Å². The SMILES string of the molecule is Cc1ccc(CC2=Cc3ccccc3C2COC(=O)Cl)cc1. The highest BCUT2D eigenvalue weighted by Gasteiger charge is 2.26. The Hall–Kier alpha value is -2.06. The van der Waals surface area contributed by atoms with Crippen LogP contribution in [0.3, 0.4) is 0 Å².